The molecule has 6 heteroatoms. The van der Waals surface area contributed by atoms with Crippen molar-refractivity contribution < 1.29 is 4.52 Å². The van der Waals surface area contributed by atoms with E-state index in [1.165, 1.54) is 11.1 Å². The molecular formula is C18H23N5O. The van der Waals surface area contributed by atoms with Crippen molar-refractivity contribution in [2.45, 2.75) is 26.8 Å². The predicted octanol–water partition coefficient (Wildman–Crippen LogP) is 2.63. The fraction of sp³-hybridized carbons (Fsp3) is 0.389. The van der Waals surface area contributed by atoms with Gasteiger partial charge < -0.3 is 14.7 Å². The van der Waals surface area contributed by atoms with Crippen LogP contribution in [0.25, 0.3) is 5.57 Å². The Balaban J connectivity index is 1.68. The van der Waals surface area contributed by atoms with Crippen LogP contribution in [0, 0.1) is 6.92 Å². The van der Waals surface area contributed by atoms with Gasteiger partial charge in [-0.15, -0.1) is 0 Å². The Labute approximate surface area is 142 Å². The van der Waals surface area contributed by atoms with Gasteiger partial charge in [0.1, 0.15) is 6.54 Å². The van der Waals surface area contributed by atoms with Crippen LogP contribution in [-0.2, 0) is 6.54 Å². The van der Waals surface area contributed by atoms with E-state index in [4.69, 9.17) is 4.52 Å². The first-order valence-electron chi connectivity index (χ1n) is 8.33. The second-order valence-corrected chi connectivity index (χ2v) is 5.69. The van der Waals surface area contributed by atoms with Crippen LogP contribution in [0.15, 0.2) is 45.9 Å². The van der Waals surface area contributed by atoms with E-state index in [0.29, 0.717) is 18.3 Å². The second-order valence-electron chi connectivity index (χ2n) is 5.69. The first-order chi connectivity index (χ1) is 11.8. The van der Waals surface area contributed by atoms with E-state index >= 15 is 0 Å². The molecule has 1 aliphatic rings. The van der Waals surface area contributed by atoms with Crippen LogP contribution in [-0.4, -0.2) is 40.6 Å². The van der Waals surface area contributed by atoms with Gasteiger partial charge in [0.05, 0.1) is 0 Å². The average molecular weight is 325 g/mol. The van der Waals surface area contributed by atoms with Gasteiger partial charge in [-0.2, -0.15) is 4.98 Å². The van der Waals surface area contributed by atoms with Gasteiger partial charge in [0.15, 0.2) is 11.8 Å². The molecule has 24 heavy (non-hydrogen) atoms. The lowest BCUT2D eigenvalue weighted by Gasteiger charge is -2.29. The van der Waals surface area contributed by atoms with Crippen LogP contribution in [0.2, 0.25) is 0 Å². The lowest BCUT2D eigenvalue weighted by Crippen LogP contribution is -2.43. The highest BCUT2D eigenvalue weighted by Gasteiger charge is 2.16. The summed E-state index contributed by atoms with van der Waals surface area (Å²) in [5.41, 5.74) is 2.71. The summed E-state index contributed by atoms with van der Waals surface area (Å²) < 4.78 is 4.99. The minimum Gasteiger partial charge on any atom is -0.356 e. The van der Waals surface area contributed by atoms with Gasteiger partial charge in [0, 0.05) is 26.6 Å². The molecule has 1 aromatic carbocycles. The van der Waals surface area contributed by atoms with Crippen LogP contribution < -0.4 is 5.32 Å². The molecule has 0 radical (unpaired) electrons. The molecule has 3 rings (SSSR count). The third-order valence-electron chi connectivity index (χ3n) is 3.93. The quantitative estimate of drug-likeness (QED) is 0.691. The highest BCUT2D eigenvalue weighted by atomic mass is 16.5. The van der Waals surface area contributed by atoms with E-state index in [1.807, 2.05) is 0 Å². The molecule has 0 saturated carbocycles. The summed E-state index contributed by atoms with van der Waals surface area (Å²) >= 11 is 0. The molecule has 6 nitrogen and oxygen atoms in total. The Morgan fingerprint density at radius 2 is 2.17 bits per heavy atom. The number of nitrogens with zero attached hydrogens (tertiary/aromatic N) is 4. The van der Waals surface area contributed by atoms with Crippen molar-refractivity contribution in [2.75, 3.05) is 19.6 Å². The summed E-state index contributed by atoms with van der Waals surface area (Å²) in [5.74, 6) is 2.07. The van der Waals surface area contributed by atoms with Gasteiger partial charge in [-0.05, 0) is 24.5 Å². The summed E-state index contributed by atoms with van der Waals surface area (Å²) in [6, 6.07) is 10.6. The SMILES string of the molecule is CCNC(=NCc1noc(C)n1)N1CC=C(c2ccccc2)CC1. The molecule has 1 aromatic heterocycles. The minimum atomic E-state index is 0.422. The lowest BCUT2D eigenvalue weighted by atomic mass is 10.00. The Morgan fingerprint density at radius 1 is 1.33 bits per heavy atom. The maximum atomic E-state index is 4.99. The van der Waals surface area contributed by atoms with Gasteiger partial charge in [0.25, 0.3) is 0 Å². The summed E-state index contributed by atoms with van der Waals surface area (Å²) in [6.07, 6.45) is 3.29. The van der Waals surface area contributed by atoms with E-state index in [-0.39, 0.29) is 0 Å². The van der Waals surface area contributed by atoms with Crippen molar-refractivity contribution in [2.24, 2.45) is 4.99 Å². The highest BCUT2D eigenvalue weighted by Crippen LogP contribution is 2.22. The number of rotatable bonds is 4. The van der Waals surface area contributed by atoms with Crippen LogP contribution >= 0.6 is 0 Å². The number of aromatic nitrogens is 2. The normalized spacial score (nSPS) is 15.3. The minimum absolute atomic E-state index is 0.422. The molecule has 126 valence electrons. The maximum Gasteiger partial charge on any atom is 0.223 e. The van der Waals surface area contributed by atoms with Crippen LogP contribution in [0.4, 0.5) is 0 Å². The average Bonchev–Trinajstić information content (AvgIpc) is 3.05. The van der Waals surface area contributed by atoms with Crippen molar-refractivity contribution in [3.8, 4) is 0 Å². The van der Waals surface area contributed by atoms with Gasteiger partial charge >= 0.3 is 0 Å². The molecule has 0 unspecified atom stereocenters. The predicted molar refractivity (Wildman–Crippen MR) is 94.5 cm³/mol. The summed E-state index contributed by atoms with van der Waals surface area (Å²) in [4.78, 5) is 11.1. The first kappa shape index (κ1) is 16.2. The number of guanidine groups is 1. The molecule has 0 fully saturated rings. The number of hydrogen-bond donors (Lipinski definition) is 1. The van der Waals surface area contributed by atoms with E-state index in [1.54, 1.807) is 6.92 Å². The number of aliphatic imine (C=N–C) groups is 1. The zero-order valence-corrected chi connectivity index (χ0v) is 14.2. The summed E-state index contributed by atoms with van der Waals surface area (Å²) in [6.45, 7) is 6.90. The van der Waals surface area contributed by atoms with E-state index in [9.17, 15) is 0 Å². The smallest absolute Gasteiger partial charge is 0.223 e. The zero-order chi connectivity index (χ0) is 16.8. The van der Waals surface area contributed by atoms with Gasteiger partial charge in [-0.3, -0.25) is 0 Å². The molecule has 1 aliphatic heterocycles. The number of hydrogen-bond acceptors (Lipinski definition) is 4. The third kappa shape index (κ3) is 4.01. The lowest BCUT2D eigenvalue weighted by molar-refractivity contribution is 0.387. The third-order valence-corrected chi connectivity index (χ3v) is 3.93. The Morgan fingerprint density at radius 3 is 2.79 bits per heavy atom. The van der Waals surface area contributed by atoms with E-state index < -0.39 is 0 Å². The van der Waals surface area contributed by atoms with Crippen LogP contribution in [0.1, 0.15) is 30.6 Å². The molecule has 0 atom stereocenters. The molecular weight excluding hydrogens is 302 g/mol. The van der Waals surface area contributed by atoms with Crippen molar-refractivity contribution in [3.63, 3.8) is 0 Å². The molecule has 0 aliphatic carbocycles. The van der Waals surface area contributed by atoms with Gasteiger partial charge in [0.2, 0.25) is 5.89 Å². The van der Waals surface area contributed by atoms with Crippen molar-refractivity contribution >= 4 is 11.5 Å². The standard InChI is InChI=1S/C18H23N5O/c1-3-19-18(20-13-17-21-14(2)24-22-17)23-11-9-16(10-12-23)15-7-5-4-6-8-15/h4-9H,3,10-13H2,1-2H3,(H,19,20). The Bertz CT molecular complexity index is 720. The number of nitrogens with one attached hydrogen (secondary N) is 1. The molecule has 2 aromatic rings. The topological polar surface area (TPSA) is 66.5 Å². The molecule has 1 N–H and O–H groups in total. The molecule has 0 amide bonds. The first-order valence-corrected chi connectivity index (χ1v) is 8.33. The fourth-order valence-corrected chi connectivity index (χ4v) is 2.75. The summed E-state index contributed by atoms with van der Waals surface area (Å²) in [5, 5.41) is 7.24. The van der Waals surface area contributed by atoms with E-state index in [2.05, 4.69) is 68.7 Å². The summed E-state index contributed by atoms with van der Waals surface area (Å²) in [7, 11) is 0. The fourth-order valence-electron chi connectivity index (χ4n) is 2.75. The van der Waals surface area contributed by atoms with Crippen molar-refractivity contribution in [1.82, 2.24) is 20.4 Å². The van der Waals surface area contributed by atoms with E-state index in [0.717, 1.165) is 32.0 Å². The highest BCUT2D eigenvalue weighted by molar-refractivity contribution is 5.81. The van der Waals surface area contributed by atoms with Crippen molar-refractivity contribution in [3.05, 3.63) is 53.7 Å². The van der Waals surface area contributed by atoms with Crippen LogP contribution in [0.5, 0.6) is 0 Å². The maximum absolute atomic E-state index is 4.99. The Hall–Kier alpha value is -2.63. The van der Waals surface area contributed by atoms with Crippen molar-refractivity contribution in [1.29, 1.82) is 0 Å². The monoisotopic (exact) mass is 325 g/mol. The molecule has 0 spiro atoms. The largest absolute Gasteiger partial charge is 0.356 e. The molecule has 0 saturated heterocycles. The number of aryl methyl sites for hydroxylation is 1. The Kier molecular flexibility index (Phi) is 5.25. The van der Waals surface area contributed by atoms with Gasteiger partial charge in [-0.1, -0.05) is 41.6 Å². The van der Waals surface area contributed by atoms with Crippen LogP contribution in [0.3, 0.4) is 0 Å². The second kappa shape index (κ2) is 7.77. The molecule has 0 bridgehead atoms. The van der Waals surface area contributed by atoms with Gasteiger partial charge in [-0.25, -0.2) is 4.99 Å². The molecule has 2 heterocycles. The zero-order valence-electron chi connectivity index (χ0n) is 14.2. The number of benzene rings is 1.